The fourth-order valence-electron chi connectivity index (χ4n) is 3.51. The van der Waals surface area contributed by atoms with Crippen LogP contribution in [0.3, 0.4) is 0 Å². The van der Waals surface area contributed by atoms with E-state index in [1.54, 1.807) is 0 Å². The largest absolute Gasteiger partial charge is 0.342 e. The number of amides is 1. The zero-order chi connectivity index (χ0) is 13.7. The quantitative estimate of drug-likeness (QED) is 0.834. The molecule has 0 radical (unpaired) electrons. The summed E-state index contributed by atoms with van der Waals surface area (Å²) in [5, 5.41) is 3.34. The van der Waals surface area contributed by atoms with Crippen LogP contribution >= 0.6 is 0 Å². The van der Waals surface area contributed by atoms with Crippen molar-refractivity contribution in [2.24, 2.45) is 5.92 Å². The van der Waals surface area contributed by atoms with Crippen molar-refractivity contribution in [2.75, 3.05) is 39.3 Å². The van der Waals surface area contributed by atoms with Crippen molar-refractivity contribution in [2.45, 2.75) is 45.6 Å². The lowest BCUT2D eigenvalue weighted by Gasteiger charge is -2.39. The molecule has 0 saturated carbocycles. The lowest BCUT2D eigenvalue weighted by atomic mass is 9.96. The second-order valence-corrected chi connectivity index (χ2v) is 5.82. The number of rotatable bonds is 4. The fourth-order valence-corrected chi connectivity index (χ4v) is 3.51. The first-order valence-corrected chi connectivity index (χ1v) is 7.99. The molecule has 0 aromatic heterocycles. The van der Waals surface area contributed by atoms with Crippen LogP contribution in [0.2, 0.25) is 0 Å². The smallest absolute Gasteiger partial charge is 0.226 e. The van der Waals surface area contributed by atoms with Crippen molar-refractivity contribution < 1.29 is 4.79 Å². The molecule has 0 unspecified atom stereocenters. The van der Waals surface area contributed by atoms with E-state index < -0.39 is 0 Å². The number of carbonyl (C=O) groups is 1. The molecule has 2 heterocycles. The summed E-state index contributed by atoms with van der Waals surface area (Å²) >= 11 is 0. The number of carbonyl (C=O) groups excluding carboxylic acids is 1. The second-order valence-electron chi connectivity index (χ2n) is 5.82. The van der Waals surface area contributed by atoms with Crippen LogP contribution in [0.1, 0.15) is 39.5 Å². The van der Waals surface area contributed by atoms with Gasteiger partial charge in [0.1, 0.15) is 0 Å². The number of nitrogens with zero attached hydrogens (tertiary/aromatic N) is 2. The Kier molecular flexibility index (Phi) is 5.64. The third-order valence-corrected chi connectivity index (χ3v) is 4.75. The number of hydrogen-bond donors (Lipinski definition) is 1. The molecule has 2 saturated heterocycles. The Morgan fingerprint density at radius 2 is 1.89 bits per heavy atom. The van der Waals surface area contributed by atoms with Crippen LogP contribution in [-0.4, -0.2) is 61.0 Å². The van der Waals surface area contributed by atoms with Crippen LogP contribution in [-0.2, 0) is 4.79 Å². The predicted molar refractivity (Wildman–Crippen MR) is 78.1 cm³/mol. The van der Waals surface area contributed by atoms with Gasteiger partial charge in [-0.25, -0.2) is 0 Å². The maximum absolute atomic E-state index is 12.4. The van der Waals surface area contributed by atoms with Crippen LogP contribution in [0, 0.1) is 5.92 Å². The zero-order valence-corrected chi connectivity index (χ0v) is 12.5. The molecule has 0 aromatic rings. The summed E-state index contributed by atoms with van der Waals surface area (Å²) in [5.74, 6) is 0.629. The average Bonchev–Trinajstić information content (AvgIpc) is 2.49. The Morgan fingerprint density at radius 3 is 2.42 bits per heavy atom. The molecular formula is C15H29N3O. The van der Waals surface area contributed by atoms with Crippen LogP contribution < -0.4 is 5.32 Å². The molecule has 2 fully saturated rings. The lowest BCUT2D eigenvalue weighted by Crippen LogP contribution is -2.50. The van der Waals surface area contributed by atoms with E-state index in [1.807, 2.05) is 0 Å². The Morgan fingerprint density at radius 1 is 1.21 bits per heavy atom. The van der Waals surface area contributed by atoms with Gasteiger partial charge in [0.05, 0.1) is 5.92 Å². The van der Waals surface area contributed by atoms with Gasteiger partial charge < -0.3 is 15.1 Å². The minimum Gasteiger partial charge on any atom is -0.342 e. The van der Waals surface area contributed by atoms with Gasteiger partial charge in [-0.1, -0.05) is 13.8 Å². The summed E-state index contributed by atoms with van der Waals surface area (Å²) < 4.78 is 0. The van der Waals surface area contributed by atoms with Crippen LogP contribution in [0.4, 0.5) is 0 Å². The van der Waals surface area contributed by atoms with Crippen molar-refractivity contribution in [3.63, 3.8) is 0 Å². The zero-order valence-electron chi connectivity index (χ0n) is 12.5. The monoisotopic (exact) mass is 267 g/mol. The van der Waals surface area contributed by atoms with Gasteiger partial charge in [0, 0.05) is 25.7 Å². The first kappa shape index (κ1) is 14.8. The van der Waals surface area contributed by atoms with Crippen molar-refractivity contribution in [1.29, 1.82) is 0 Å². The van der Waals surface area contributed by atoms with E-state index in [2.05, 4.69) is 29.0 Å². The van der Waals surface area contributed by atoms with E-state index in [-0.39, 0.29) is 5.92 Å². The van der Waals surface area contributed by atoms with E-state index in [9.17, 15) is 4.79 Å². The highest BCUT2D eigenvalue weighted by molar-refractivity contribution is 5.79. The van der Waals surface area contributed by atoms with Crippen molar-refractivity contribution >= 4 is 5.91 Å². The Balaban J connectivity index is 1.80. The Hall–Kier alpha value is -0.610. The van der Waals surface area contributed by atoms with E-state index in [0.29, 0.717) is 11.9 Å². The highest BCUT2D eigenvalue weighted by atomic mass is 16.2. The van der Waals surface area contributed by atoms with Gasteiger partial charge in [0.15, 0.2) is 0 Å². The topological polar surface area (TPSA) is 35.6 Å². The minimum absolute atomic E-state index is 0.235. The molecule has 1 atom stereocenters. The predicted octanol–water partition coefficient (Wildman–Crippen LogP) is 1.32. The number of likely N-dealkylation sites (tertiary alicyclic amines) is 1. The van der Waals surface area contributed by atoms with Gasteiger partial charge >= 0.3 is 0 Å². The van der Waals surface area contributed by atoms with Crippen molar-refractivity contribution in [3.05, 3.63) is 0 Å². The minimum atomic E-state index is 0.235. The molecule has 0 aliphatic carbocycles. The molecule has 4 nitrogen and oxygen atoms in total. The number of piperidine rings is 2. The van der Waals surface area contributed by atoms with Crippen molar-refractivity contribution in [1.82, 2.24) is 15.1 Å². The summed E-state index contributed by atoms with van der Waals surface area (Å²) in [5.41, 5.74) is 0. The highest BCUT2D eigenvalue weighted by Gasteiger charge is 2.30. The standard InChI is InChI=1S/C15H29N3O/c1-3-17(4-2)14-7-10-18(11-8-14)15(19)13-6-5-9-16-12-13/h13-14,16H,3-12H2,1-2H3/t13-/m0/s1. The second kappa shape index (κ2) is 7.25. The van der Waals surface area contributed by atoms with Gasteiger partial charge in [-0.2, -0.15) is 0 Å². The summed E-state index contributed by atoms with van der Waals surface area (Å²) in [6, 6.07) is 0.684. The molecule has 0 spiro atoms. The van der Waals surface area contributed by atoms with Gasteiger partial charge in [-0.05, 0) is 45.3 Å². The van der Waals surface area contributed by atoms with Crippen LogP contribution in [0.5, 0.6) is 0 Å². The van der Waals surface area contributed by atoms with Crippen LogP contribution in [0.15, 0.2) is 0 Å². The maximum atomic E-state index is 12.4. The third-order valence-electron chi connectivity index (χ3n) is 4.75. The molecule has 2 rings (SSSR count). The Labute approximate surface area is 117 Å². The van der Waals surface area contributed by atoms with Gasteiger partial charge in [0.25, 0.3) is 0 Å². The average molecular weight is 267 g/mol. The highest BCUT2D eigenvalue weighted by Crippen LogP contribution is 2.20. The van der Waals surface area contributed by atoms with Gasteiger partial charge in [-0.15, -0.1) is 0 Å². The Bertz CT molecular complexity index is 277. The molecule has 0 bridgehead atoms. The first-order chi connectivity index (χ1) is 9.26. The van der Waals surface area contributed by atoms with E-state index in [1.165, 1.54) is 0 Å². The molecular weight excluding hydrogens is 238 g/mol. The SMILES string of the molecule is CCN(CC)C1CCN(C(=O)[C@H]2CCCNC2)CC1. The molecule has 110 valence electrons. The normalized spacial score (nSPS) is 25.8. The summed E-state index contributed by atoms with van der Waals surface area (Å²) in [6.45, 7) is 10.6. The van der Waals surface area contributed by atoms with E-state index >= 15 is 0 Å². The molecule has 1 amide bonds. The molecule has 2 aliphatic heterocycles. The first-order valence-electron chi connectivity index (χ1n) is 7.99. The third kappa shape index (κ3) is 3.69. The maximum Gasteiger partial charge on any atom is 0.226 e. The number of nitrogens with one attached hydrogen (secondary N) is 1. The lowest BCUT2D eigenvalue weighted by molar-refractivity contribution is -0.137. The molecule has 1 N–H and O–H groups in total. The summed E-state index contributed by atoms with van der Waals surface area (Å²) in [6.07, 6.45) is 4.51. The van der Waals surface area contributed by atoms with Gasteiger partial charge in [-0.3, -0.25) is 4.79 Å². The fraction of sp³-hybridized carbons (Fsp3) is 0.933. The summed E-state index contributed by atoms with van der Waals surface area (Å²) in [7, 11) is 0. The number of hydrogen-bond acceptors (Lipinski definition) is 3. The van der Waals surface area contributed by atoms with E-state index in [4.69, 9.17) is 0 Å². The molecule has 4 heteroatoms. The summed E-state index contributed by atoms with van der Waals surface area (Å²) in [4.78, 5) is 17.1. The molecule has 2 aliphatic rings. The van der Waals surface area contributed by atoms with Crippen molar-refractivity contribution in [3.8, 4) is 0 Å². The molecule has 19 heavy (non-hydrogen) atoms. The van der Waals surface area contributed by atoms with Crippen LogP contribution in [0.25, 0.3) is 0 Å². The molecule has 0 aromatic carbocycles. The van der Waals surface area contributed by atoms with E-state index in [0.717, 1.165) is 65.0 Å². The van der Waals surface area contributed by atoms with Gasteiger partial charge in [0.2, 0.25) is 5.91 Å².